The van der Waals surface area contributed by atoms with Gasteiger partial charge in [-0.3, -0.25) is 15.2 Å². The van der Waals surface area contributed by atoms with Crippen LogP contribution in [0.25, 0.3) is 0 Å². The quantitative estimate of drug-likeness (QED) is 0.283. The van der Waals surface area contributed by atoms with E-state index in [-0.39, 0.29) is 24.0 Å². The average molecular weight is 537 g/mol. The number of carbonyl (C=O) groups excluding carboxylic acids is 1. The Morgan fingerprint density at radius 2 is 1.74 bits per heavy atom. The van der Waals surface area contributed by atoms with Crippen LogP contribution in [0.2, 0.25) is 0 Å². The molecule has 0 spiro atoms. The Balaban J connectivity index is 0.00000341. The molecular formula is C23H32IN5O2. The van der Waals surface area contributed by atoms with Crippen molar-refractivity contribution in [1.29, 1.82) is 0 Å². The molecule has 1 fully saturated rings. The van der Waals surface area contributed by atoms with Crippen molar-refractivity contribution >= 4 is 41.7 Å². The van der Waals surface area contributed by atoms with Gasteiger partial charge in [0.05, 0.1) is 13.2 Å². The number of methoxy groups -OCH3 is 1. The predicted octanol–water partition coefficient (Wildman–Crippen LogP) is 3.99. The molecule has 0 aliphatic carbocycles. The second-order valence-corrected chi connectivity index (χ2v) is 7.29. The molecule has 1 unspecified atom stereocenters. The lowest BCUT2D eigenvalue weighted by Crippen LogP contribution is -2.42. The third-order valence-electron chi connectivity index (χ3n) is 5.30. The molecule has 8 heteroatoms. The Bertz CT molecular complexity index is 824. The molecule has 3 N–H and O–H groups in total. The molecule has 0 saturated carbocycles. The van der Waals surface area contributed by atoms with E-state index < -0.39 is 6.09 Å². The number of carbonyl (C=O) groups is 1. The Morgan fingerprint density at radius 1 is 1.06 bits per heavy atom. The van der Waals surface area contributed by atoms with Crippen molar-refractivity contribution < 1.29 is 9.53 Å². The molecule has 168 valence electrons. The topological polar surface area (TPSA) is 78.0 Å². The number of anilines is 1. The number of aliphatic imine (C=N–C) groups is 1. The summed E-state index contributed by atoms with van der Waals surface area (Å²) < 4.78 is 4.60. The van der Waals surface area contributed by atoms with E-state index in [1.807, 2.05) is 24.3 Å². The summed E-state index contributed by atoms with van der Waals surface area (Å²) in [5, 5.41) is 9.49. The Hall–Kier alpha value is -2.33. The van der Waals surface area contributed by atoms with Gasteiger partial charge >= 0.3 is 6.09 Å². The number of benzene rings is 2. The van der Waals surface area contributed by atoms with Gasteiger partial charge in [-0.2, -0.15) is 0 Å². The van der Waals surface area contributed by atoms with Crippen molar-refractivity contribution in [1.82, 2.24) is 15.5 Å². The minimum atomic E-state index is -0.476. The van der Waals surface area contributed by atoms with Crippen LogP contribution in [0.15, 0.2) is 59.6 Å². The number of hydrogen-bond acceptors (Lipinski definition) is 4. The number of amides is 1. The van der Waals surface area contributed by atoms with Crippen molar-refractivity contribution in [2.75, 3.05) is 39.1 Å². The summed E-state index contributed by atoms with van der Waals surface area (Å²) >= 11 is 0. The molecule has 3 rings (SSSR count). The van der Waals surface area contributed by atoms with Gasteiger partial charge in [0.1, 0.15) is 0 Å². The van der Waals surface area contributed by atoms with Crippen LogP contribution in [-0.4, -0.2) is 50.7 Å². The molecule has 1 amide bonds. The van der Waals surface area contributed by atoms with Crippen LogP contribution >= 0.6 is 24.0 Å². The third-order valence-corrected chi connectivity index (χ3v) is 5.30. The van der Waals surface area contributed by atoms with Gasteiger partial charge in [0.15, 0.2) is 5.96 Å². The predicted molar refractivity (Wildman–Crippen MR) is 136 cm³/mol. The summed E-state index contributed by atoms with van der Waals surface area (Å²) in [5.74, 6) is 0.770. The molecule has 1 saturated heterocycles. The minimum Gasteiger partial charge on any atom is -0.453 e. The van der Waals surface area contributed by atoms with E-state index in [2.05, 4.69) is 60.9 Å². The molecule has 1 aliphatic rings. The highest BCUT2D eigenvalue weighted by Crippen LogP contribution is 2.24. The van der Waals surface area contributed by atoms with Crippen molar-refractivity contribution in [3.63, 3.8) is 0 Å². The van der Waals surface area contributed by atoms with Crippen LogP contribution in [0.5, 0.6) is 0 Å². The van der Waals surface area contributed by atoms with Crippen LogP contribution in [-0.2, 0) is 11.3 Å². The summed E-state index contributed by atoms with van der Waals surface area (Å²) in [6.07, 6.45) is 2.05. The van der Waals surface area contributed by atoms with E-state index in [9.17, 15) is 4.79 Å². The molecule has 0 aromatic heterocycles. The molecule has 1 heterocycles. The fourth-order valence-electron chi connectivity index (χ4n) is 3.66. The van der Waals surface area contributed by atoms with E-state index in [1.165, 1.54) is 25.5 Å². The number of nitrogens with zero attached hydrogens (tertiary/aromatic N) is 2. The molecular weight excluding hydrogens is 505 g/mol. The second-order valence-electron chi connectivity index (χ2n) is 7.29. The minimum absolute atomic E-state index is 0. The average Bonchev–Trinajstić information content (AvgIpc) is 3.32. The molecule has 2 aromatic carbocycles. The van der Waals surface area contributed by atoms with E-state index in [0.29, 0.717) is 18.3 Å². The maximum Gasteiger partial charge on any atom is 0.411 e. The SMILES string of the molecule is CN=C(NCc1ccc(NC(=O)OC)cc1)NCC(c1ccccc1)N1CCCC1.I. The number of rotatable bonds is 7. The lowest BCUT2D eigenvalue weighted by atomic mass is 10.1. The number of halogens is 1. The number of guanidine groups is 1. The monoisotopic (exact) mass is 537 g/mol. The van der Waals surface area contributed by atoms with Gasteiger partial charge in [0.25, 0.3) is 0 Å². The standard InChI is InChI=1S/C23H31N5O2.HI/c1-24-22(25-16-18-10-12-20(13-11-18)27-23(29)30-2)26-17-21(28-14-6-7-15-28)19-8-4-3-5-9-19;/h3-5,8-13,21H,6-7,14-17H2,1-2H3,(H,27,29)(H2,24,25,26);1H. The largest absolute Gasteiger partial charge is 0.453 e. The first kappa shape index (κ1) is 24.9. The van der Waals surface area contributed by atoms with Gasteiger partial charge in [0.2, 0.25) is 0 Å². The molecule has 1 atom stereocenters. The van der Waals surface area contributed by atoms with Crippen LogP contribution in [0.1, 0.15) is 30.0 Å². The molecule has 31 heavy (non-hydrogen) atoms. The lowest BCUT2D eigenvalue weighted by molar-refractivity contribution is 0.187. The van der Waals surface area contributed by atoms with Gasteiger partial charge in [-0.25, -0.2) is 4.79 Å². The van der Waals surface area contributed by atoms with Crippen molar-refractivity contribution in [2.24, 2.45) is 4.99 Å². The van der Waals surface area contributed by atoms with Crippen molar-refractivity contribution in [2.45, 2.75) is 25.4 Å². The highest BCUT2D eigenvalue weighted by molar-refractivity contribution is 14.0. The first-order valence-corrected chi connectivity index (χ1v) is 10.4. The van der Waals surface area contributed by atoms with Crippen molar-refractivity contribution in [3.05, 3.63) is 65.7 Å². The fraction of sp³-hybridized carbons (Fsp3) is 0.391. The van der Waals surface area contributed by atoms with Gasteiger partial charge < -0.3 is 15.4 Å². The first-order valence-electron chi connectivity index (χ1n) is 10.4. The van der Waals surface area contributed by atoms with E-state index in [1.54, 1.807) is 7.05 Å². The zero-order valence-corrected chi connectivity index (χ0v) is 20.5. The zero-order valence-electron chi connectivity index (χ0n) is 18.1. The maximum absolute atomic E-state index is 11.3. The molecule has 7 nitrogen and oxygen atoms in total. The van der Waals surface area contributed by atoms with Crippen LogP contribution in [0, 0.1) is 0 Å². The Labute approximate surface area is 201 Å². The zero-order chi connectivity index (χ0) is 21.2. The molecule has 1 aliphatic heterocycles. The van der Waals surface area contributed by atoms with E-state index in [4.69, 9.17) is 0 Å². The normalized spacial score (nSPS) is 15.0. The van der Waals surface area contributed by atoms with Crippen LogP contribution in [0.4, 0.5) is 10.5 Å². The summed E-state index contributed by atoms with van der Waals surface area (Å²) in [6, 6.07) is 18.6. The highest BCUT2D eigenvalue weighted by Gasteiger charge is 2.23. The van der Waals surface area contributed by atoms with E-state index in [0.717, 1.165) is 31.2 Å². The molecule has 2 aromatic rings. The highest BCUT2D eigenvalue weighted by atomic mass is 127. The smallest absolute Gasteiger partial charge is 0.411 e. The number of nitrogens with one attached hydrogen (secondary N) is 3. The maximum atomic E-state index is 11.3. The second kappa shape index (κ2) is 13.2. The van der Waals surface area contributed by atoms with Crippen LogP contribution < -0.4 is 16.0 Å². The molecule has 0 bridgehead atoms. The summed E-state index contributed by atoms with van der Waals surface area (Å²) in [4.78, 5) is 18.2. The summed E-state index contributed by atoms with van der Waals surface area (Å²) in [5.41, 5.74) is 3.12. The first-order chi connectivity index (χ1) is 14.7. The third kappa shape index (κ3) is 7.70. The Kier molecular flexibility index (Phi) is 10.6. The van der Waals surface area contributed by atoms with Gasteiger partial charge in [-0.15, -0.1) is 24.0 Å². The number of hydrogen-bond donors (Lipinski definition) is 3. The van der Waals surface area contributed by atoms with Gasteiger partial charge in [-0.1, -0.05) is 42.5 Å². The lowest BCUT2D eigenvalue weighted by Gasteiger charge is -2.29. The summed E-state index contributed by atoms with van der Waals surface area (Å²) in [7, 11) is 3.13. The summed E-state index contributed by atoms with van der Waals surface area (Å²) in [6.45, 7) is 3.71. The van der Waals surface area contributed by atoms with Crippen LogP contribution in [0.3, 0.4) is 0 Å². The number of likely N-dealkylation sites (tertiary alicyclic amines) is 1. The van der Waals surface area contributed by atoms with Gasteiger partial charge in [0, 0.05) is 25.8 Å². The fourth-order valence-corrected chi connectivity index (χ4v) is 3.66. The van der Waals surface area contributed by atoms with Gasteiger partial charge in [-0.05, 0) is 49.2 Å². The Morgan fingerprint density at radius 3 is 2.35 bits per heavy atom. The van der Waals surface area contributed by atoms with Crippen molar-refractivity contribution in [3.8, 4) is 0 Å². The number of ether oxygens (including phenoxy) is 1. The molecule has 0 radical (unpaired) electrons. The van der Waals surface area contributed by atoms with E-state index >= 15 is 0 Å².